The van der Waals surface area contributed by atoms with E-state index in [0.29, 0.717) is 4.57 Å². The van der Waals surface area contributed by atoms with Crippen LogP contribution in [-0.4, -0.2) is 54.7 Å². The summed E-state index contributed by atoms with van der Waals surface area (Å²) in [6, 6.07) is 0.902. The zero-order chi connectivity index (χ0) is 17.6. The van der Waals surface area contributed by atoms with Gasteiger partial charge in [0.25, 0.3) is 5.56 Å². The molecular formula is C13H18F2N2O6. The summed E-state index contributed by atoms with van der Waals surface area (Å²) in [5.74, 6) is -0.902. The third kappa shape index (κ3) is 4.23. The summed E-state index contributed by atoms with van der Waals surface area (Å²) in [4.78, 5) is 35.8. The molecule has 23 heavy (non-hydrogen) atoms. The first-order valence-corrected chi connectivity index (χ1v) is 6.54. The maximum absolute atomic E-state index is 14.8. The Morgan fingerprint density at radius 3 is 2.52 bits per heavy atom. The Labute approximate surface area is 130 Å². The monoisotopic (exact) mass is 336 g/mol. The van der Waals surface area contributed by atoms with Gasteiger partial charge in [-0.25, -0.2) is 13.6 Å². The molecule has 0 aliphatic heterocycles. The standard InChI is InChI=1S/C13H18F2N2O6/c1-8(18)23-10(13(6-14,22-3)7-21-2)11(15)17-5-4-9(19)16-12(17)20/h4-5,10-11H,6-7H2,1-3H3,(H,16,19,20)/t10-,11-,13?/m0/s1. The van der Waals surface area contributed by atoms with Crippen molar-refractivity contribution in [1.82, 2.24) is 9.55 Å². The molecule has 0 aliphatic carbocycles. The van der Waals surface area contributed by atoms with E-state index in [9.17, 15) is 23.2 Å². The van der Waals surface area contributed by atoms with Crippen molar-refractivity contribution in [3.05, 3.63) is 33.1 Å². The number of carbonyl (C=O) groups is 1. The van der Waals surface area contributed by atoms with Crippen LogP contribution in [0.1, 0.15) is 13.2 Å². The third-order valence-electron chi connectivity index (χ3n) is 3.20. The fourth-order valence-corrected chi connectivity index (χ4v) is 2.03. The fourth-order valence-electron chi connectivity index (χ4n) is 2.03. The summed E-state index contributed by atoms with van der Waals surface area (Å²) in [5, 5.41) is 0. The highest BCUT2D eigenvalue weighted by molar-refractivity contribution is 5.66. The minimum absolute atomic E-state index is 0.434. The van der Waals surface area contributed by atoms with E-state index in [2.05, 4.69) is 0 Å². The molecule has 1 aromatic rings. The largest absolute Gasteiger partial charge is 0.454 e. The van der Waals surface area contributed by atoms with Gasteiger partial charge in [0.2, 0.25) is 6.30 Å². The third-order valence-corrected chi connectivity index (χ3v) is 3.20. The van der Waals surface area contributed by atoms with Gasteiger partial charge >= 0.3 is 11.7 Å². The minimum Gasteiger partial charge on any atom is -0.454 e. The Morgan fingerprint density at radius 1 is 1.43 bits per heavy atom. The minimum atomic E-state index is -2.31. The average molecular weight is 336 g/mol. The molecule has 1 aromatic heterocycles. The predicted octanol–water partition coefficient (Wildman–Crippen LogP) is -0.0625. The Balaban J connectivity index is 3.36. The van der Waals surface area contributed by atoms with E-state index >= 15 is 0 Å². The highest BCUT2D eigenvalue weighted by Gasteiger charge is 2.48. The summed E-state index contributed by atoms with van der Waals surface area (Å²) < 4.78 is 43.5. The summed E-state index contributed by atoms with van der Waals surface area (Å²) in [5.41, 5.74) is -3.78. The van der Waals surface area contributed by atoms with Crippen LogP contribution in [0.15, 0.2) is 21.9 Å². The molecule has 130 valence electrons. The molecule has 10 heteroatoms. The second-order valence-corrected chi connectivity index (χ2v) is 4.76. The van der Waals surface area contributed by atoms with Crippen LogP contribution in [0.5, 0.6) is 0 Å². The Bertz CT molecular complexity index is 640. The molecule has 1 rings (SSSR count). The number of nitrogens with one attached hydrogen (secondary N) is 1. The number of halogens is 2. The number of alkyl halides is 2. The molecule has 0 saturated carbocycles. The van der Waals surface area contributed by atoms with Crippen molar-refractivity contribution >= 4 is 5.97 Å². The van der Waals surface area contributed by atoms with Crippen LogP contribution >= 0.6 is 0 Å². The number of nitrogens with zero attached hydrogens (tertiary/aromatic N) is 1. The number of H-pyrrole nitrogens is 1. The number of ether oxygens (including phenoxy) is 3. The lowest BCUT2D eigenvalue weighted by atomic mass is 9.97. The van der Waals surface area contributed by atoms with Gasteiger partial charge in [0.15, 0.2) is 11.7 Å². The van der Waals surface area contributed by atoms with Crippen LogP contribution in [-0.2, 0) is 19.0 Å². The first-order chi connectivity index (χ1) is 10.8. The van der Waals surface area contributed by atoms with E-state index < -0.39 is 48.5 Å². The van der Waals surface area contributed by atoms with Gasteiger partial charge in [-0.3, -0.25) is 19.1 Å². The number of esters is 1. The van der Waals surface area contributed by atoms with Gasteiger partial charge in [0, 0.05) is 33.4 Å². The second kappa shape index (κ2) is 7.97. The van der Waals surface area contributed by atoms with E-state index in [1.807, 2.05) is 4.98 Å². The van der Waals surface area contributed by atoms with E-state index in [1.165, 1.54) is 7.11 Å². The molecule has 8 nitrogen and oxygen atoms in total. The number of carbonyl (C=O) groups excluding carboxylic acids is 1. The molecule has 0 saturated heterocycles. The zero-order valence-corrected chi connectivity index (χ0v) is 12.9. The molecule has 0 bridgehead atoms. The highest BCUT2D eigenvalue weighted by atomic mass is 19.1. The number of hydrogen-bond donors (Lipinski definition) is 1. The molecule has 0 aromatic carbocycles. The molecule has 0 aliphatic rings. The molecule has 3 atom stereocenters. The van der Waals surface area contributed by atoms with Gasteiger partial charge < -0.3 is 14.2 Å². The Morgan fingerprint density at radius 2 is 2.09 bits per heavy atom. The van der Waals surface area contributed by atoms with E-state index in [-0.39, 0.29) is 0 Å². The van der Waals surface area contributed by atoms with E-state index in [1.54, 1.807) is 0 Å². The summed E-state index contributed by atoms with van der Waals surface area (Å²) in [6.45, 7) is -0.676. The lowest BCUT2D eigenvalue weighted by molar-refractivity contribution is -0.201. The molecular weight excluding hydrogens is 318 g/mol. The SMILES string of the molecule is COCC(CF)(OC)[C@@H](OC(C)=O)[C@@H](F)n1ccc(=O)[nH]c1=O. The van der Waals surface area contributed by atoms with Crippen molar-refractivity contribution in [2.24, 2.45) is 0 Å². The van der Waals surface area contributed by atoms with Crippen LogP contribution < -0.4 is 11.2 Å². The van der Waals surface area contributed by atoms with Crippen molar-refractivity contribution < 1.29 is 27.8 Å². The van der Waals surface area contributed by atoms with Crippen molar-refractivity contribution in [2.75, 3.05) is 27.5 Å². The van der Waals surface area contributed by atoms with Crippen LogP contribution in [0.3, 0.4) is 0 Å². The molecule has 1 heterocycles. The molecule has 1 unspecified atom stereocenters. The van der Waals surface area contributed by atoms with Gasteiger partial charge in [-0.2, -0.15) is 0 Å². The first kappa shape index (κ1) is 19.0. The topological polar surface area (TPSA) is 99.6 Å². The van der Waals surface area contributed by atoms with Gasteiger partial charge in [-0.05, 0) is 0 Å². The number of aromatic amines is 1. The number of methoxy groups -OCH3 is 2. The molecule has 0 radical (unpaired) electrons. The first-order valence-electron chi connectivity index (χ1n) is 6.54. The van der Waals surface area contributed by atoms with Crippen molar-refractivity contribution in [2.45, 2.75) is 24.9 Å². The van der Waals surface area contributed by atoms with Crippen LogP contribution in [0, 0.1) is 0 Å². The van der Waals surface area contributed by atoms with Crippen LogP contribution in [0.2, 0.25) is 0 Å². The predicted molar refractivity (Wildman–Crippen MR) is 74.6 cm³/mol. The van der Waals surface area contributed by atoms with E-state index in [0.717, 1.165) is 26.3 Å². The van der Waals surface area contributed by atoms with Gasteiger partial charge in [-0.15, -0.1) is 0 Å². The van der Waals surface area contributed by atoms with Gasteiger partial charge in [0.05, 0.1) is 6.61 Å². The number of hydrogen-bond acceptors (Lipinski definition) is 6. The normalized spacial score (nSPS) is 16.4. The van der Waals surface area contributed by atoms with E-state index in [4.69, 9.17) is 14.2 Å². The van der Waals surface area contributed by atoms with Crippen molar-refractivity contribution in [3.63, 3.8) is 0 Å². The fraction of sp³-hybridized carbons (Fsp3) is 0.615. The molecule has 1 N–H and O–H groups in total. The van der Waals surface area contributed by atoms with Crippen LogP contribution in [0.4, 0.5) is 8.78 Å². The maximum atomic E-state index is 14.8. The number of rotatable bonds is 8. The van der Waals surface area contributed by atoms with Crippen molar-refractivity contribution in [1.29, 1.82) is 0 Å². The summed E-state index contributed by atoms with van der Waals surface area (Å²) in [6.07, 6.45) is -3.26. The Kier molecular flexibility index (Phi) is 6.58. The smallest absolute Gasteiger partial charge is 0.330 e. The number of aromatic nitrogens is 2. The summed E-state index contributed by atoms with van der Waals surface area (Å²) in [7, 11) is 2.32. The lowest BCUT2D eigenvalue weighted by Gasteiger charge is -2.37. The molecule has 0 amide bonds. The second-order valence-electron chi connectivity index (χ2n) is 4.76. The Hall–Kier alpha value is -2.07. The molecule has 0 spiro atoms. The van der Waals surface area contributed by atoms with Gasteiger partial charge in [-0.1, -0.05) is 0 Å². The maximum Gasteiger partial charge on any atom is 0.330 e. The lowest BCUT2D eigenvalue weighted by Crippen LogP contribution is -2.55. The highest BCUT2D eigenvalue weighted by Crippen LogP contribution is 2.29. The van der Waals surface area contributed by atoms with Gasteiger partial charge in [0.1, 0.15) is 6.67 Å². The summed E-state index contributed by atoms with van der Waals surface area (Å²) >= 11 is 0. The quantitative estimate of drug-likeness (QED) is 0.668. The molecule has 0 fully saturated rings. The van der Waals surface area contributed by atoms with Crippen molar-refractivity contribution in [3.8, 4) is 0 Å². The van der Waals surface area contributed by atoms with Crippen LogP contribution in [0.25, 0.3) is 0 Å². The zero-order valence-electron chi connectivity index (χ0n) is 12.9. The average Bonchev–Trinajstić information content (AvgIpc) is 2.50.